The van der Waals surface area contributed by atoms with E-state index in [1.54, 1.807) is 7.11 Å². The molecule has 0 heterocycles. The van der Waals surface area contributed by atoms with Gasteiger partial charge in [0.1, 0.15) is 6.23 Å². The summed E-state index contributed by atoms with van der Waals surface area (Å²) in [4.78, 5) is 2.75. The van der Waals surface area contributed by atoms with Crippen LogP contribution < -0.4 is 0 Å². The molecule has 74 valence electrons. The average molecular weight is 191 g/mol. The van der Waals surface area contributed by atoms with Crippen molar-refractivity contribution in [1.29, 1.82) is 0 Å². The summed E-state index contributed by atoms with van der Waals surface area (Å²) in [6, 6.07) is 9.84. The van der Waals surface area contributed by atoms with Gasteiger partial charge in [-0.3, -0.25) is 0 Å². The summed E-state index contributed by atoms with van der Waals surface area (Å²) in [5.41, 5.74) is 9.45. The molecule has 1 rings (SSSR count). The second-order valence-corrected chi connectivity index (χ2v) is 3.03. The van der Waals surface area contributed by atoms with Crippen molar-refractivity contribution in [3.05, 3.63) is 46.3 Å². The van der Waals surface area contributed by atoms with Gasteiger partial charge in [0.15, 0.2) is 0 Å². The Morgan fingerprint density at radius 2 is 2.00 bits per heavy atom. The maximum absolute atomic E-state index is 8.34. The van der Waals surface area contributed by atoms with Crippen LogP contribution in [0.3, 0.4) is 0 Å². The molecule has 0 aliphatic heterocycles. The molecule has 0 fully saturated rings. The van der Waals surface area contributed by atoms with E-state index >= 15 is 0 Å². The Bertz CT molecular complexity index is 319. The standard InChI is InChI=1S/C10H13N3O/c1-8(10(14-2)12-13-11)9-6-4-3-5-7-9/h3-8,10H,1-2H3. The Kier molecular flexibility index (Phi) is 3.98. The van der Waals surface area contributed by atoms with Gasteiger partial charge in [-0.25, -0.2) is 0 Å². The summed E-state index contributed by atoms with van der Waals surface area (Å²) in [7, 11) is 1.54. The highest BCUT2D eigenvalue weighted by Gasteiger charge is 2.16. The lowest BCUT2D eigenvalue weighted by atomic mass is 10.00. The van der Waals surface area contributed by atoms with E-state index in [1.807, 2.05) is 37.3 Å². The quantitative estimate of drug-likeness (QED) is 0.410. The first kappa shape index (κ1) is 10.6. The molecule has 0 saturated heterocycles. The Morgan fingerprint density at radius 3 is 2.50 bits per heavy atom. The van der Waals surface area contributed by atoms with Gasteiger partial charge < -0.3 is 4.74 Å². The zero-order valence-corrected chi connectivity index (χ0v) is 8.29. The van der Waals surface area contributed by atoms with Crippen molar-refractivity contribution in [3.63, 3.8) is 0 Å². The topological polar surface area (TPSA) is 58.0 Å². The molecule has 0 aliphatic rings. The van der Waals surface area contributed by atoms with E-state index in [9.17, 15) is 0 Å². The largest absolute Gasteiger partial charge is 0.375 e. The first-order valence-corrected chi connectivity index (χ1v) is 4.41. The molecule has 1 aromatic rings. The third kappa shape index (κ3) is 2.49. The molecule has 2 unspecified atom stereocenters. The first-order valence-electron chi connectivity index (χ1n) is 4.41. The van der Waals surface area contributed by atoms with Gasteiger partial charge in [-0.15, -0.1) is 0 Å². The average Bonchev–Trinajstić information content (AvgIpc) is 2.26. The minimum Gasteiger partial charge on any atom is -0.375 e. The van der Waals surface area contributed by atoms with Gasteiger partial charge in [-0.1, -0.05) is 42.4 Å². The maximum atomic E-state index is 8.34. The van der Waals surface area contributed by atoms with Crippen molar-refractivity contribution in [2.75, 3.05) is 7.11 Å². The van der Waals surface area contributed by atoms with Crippen LogP contribution in [-0.2, 0) is 4.74 Å². The molecule has 0 N–H and O–H groups in total. The Balaban J connectivity index is 2.82. The fourth-order valence-electron chi connectivity index (χ4n) is 1.32. The van der Waals surface area contributed by atoms with E-state index in [1.165, 1.54) is 0 Å². The van der Waals surface area contributed by atoms with Gasteiger partial charge in [0.05, 0.1) is 0 Å². The molecule has 2 atom stereocenters. The van der Waals surface area contributed by atoms with Gasteiger partial charge in [0.25, 0.3) is 0 Å². The van der Waals surface area contributed by atoms with Crippen LogP contribution in [0.15, 0.2) is 35.4 Å². The van der Waals surface area contributed by atoms with E-state index in [0.717, 1.165) is 5.56 Å². The molecule has 0 aliphatic carbocycles. The van der Waals surface area contributed by atoms with Crippen LogP contribution in [0.1, 0.15) is 18.4 Å². The van der Waals surface area contributed by atoms with Gasteiger partial charge >= 0.3 is 0 Å². The molecule has 14 heavy (non-hydrogen) atoms. The predicted molar refractivity (Wildman–Crippen MR) is 54.8 cm³/mol. The van der Waals surface area contributed by atoms with Crippen molar-refractivity contribution < 1.29 is 4.74 Å². The summed E-state index contributed by atoms with van der Waals surface area (Å²) in [6.07, 6.45) is -0.442. The number of rotatable bonds is 4. The molecule has 0 spiro atoms. The first-order chi connectivity index (χ1) is 6.79. The zero-order chi connectivity index (χ0) is 10.4. The lowest BCUT2D eigenvalue weighted by Crippen LogP contribution is -2.15. The molecule has 0 aromatic heterocycles. The number of benzene rings is 1. The number of hydrogen-bond donors (Lipinski definition) is 0. The van der Waals surface area contributed by atoms with E-state index < -0.39 is 6.23 Å². The summed E-state index contributed by atoms with van der Waals surface area (Å²) in [5, 5.41) is 3.58. The van der Waals surface area contributed by atoms with Crippen molar-refractivity contribution >= 4 is 0 Å². The van der Waals surface area contributed by atoms with Crippen LogP contribution in [-0.4, -0.2) is 13.3 Å². The number of nitrogens with zero attached hydrogens (tertiary/aromatic N) is 3. The molecular formula is C10H13N3O. The zero-order valence-electron chi connectivity index (χ0n) is 8.29. The molecule has 4 heteroatoms. The highest BCUT2D eigenvalue weighted by atomic mass is 16.5. The summed E-state index contributed by atoms with van der Waals surface area (Å²) < 4.78 is 5.09. The van der Waals surface area contributed by atoms with Gasteiger partial charge in [-0.2, -0.15) is 0 Å². The Hall–Kier alpha value is -1.51. The maximum Gasteiger partial charge on any atom is 0.142 e. The third-order valence-electron chi connectivity index (χ3n) is 2.16. The molecule has 1 aromatic carbocycles. The van der Waals surface area contributed by atoms with Crippen molar-refractivity contribution in [2.24, 2.45) is 5.11 Å². The van der Waals surface area contributed by atoms with Crippen LogP contribution in [0, 0.1) is 0 Å². The number of azide groups is 1. The predicted octanol–water partition coefficient (Wildman–Crippen LogP) is 3.07. The van der Waals surface area contributed by atoms with Crippen molar-refractivity contribution in [3.8, 4) is 0 Å². The molecule has 0 amide bonds. The highest BCUT2D eigenvalue weighted by Crippen LogP contribution is 2.21. The SMILES string of the molecule is COC(N=[N+]=[N-])C(C)c1ccccc1. The number of hydrogen-bond acceptors (Lipinski definition) is 2. The normalized spacial score (nSPS) is 14.1. The van der Waals surface area contributed by atoms with Crippen LogP contribution in [0.4, 0.5) is 0 Å². The lowest BCUT2D eigenvalue weighted by Gasteiger charge is -2.17. The minimum absolute atomic E-state index is 0.0668. The minimum atomic E-state index is -0.442. The van der Waals surface area contributed by atoms with Crippen LogP contribution in [0.2, 0.25) is 0 Å². The molecular weight excluding hydrogens is 178 g/mol. The molecule has 0 saturated carbocycles. The number of methoxy groups -OCH3 is 1. The summed E-state index contributed by atoms with van der Waals surface area (Å²) >= 11 is 0. The molecule has 0 bridgehead atoms. The monoisotopic (exact) mass is 191 g/mol. The fraction of sp³-hybridized carbons (Fsp3) is 0.400. The smallest absolute Gasteiger partial charge is 0.142 e. The Morgan fingerprint density at radius 1 is 1.36 bits per heavy atom. The van der Waals surface area contributed by atoms with E-state index in [4.69, 9.17) is 10.3 Å². The lowest BCUT2D eigenvalue weighted by molar-refractivity contribution is 0.0894. The van der Waals surface area contributed by atoms with Gasteiger partial charge in [0.2, 0.25) is 0 Å². The van der Waals surface area contributed by atoms with Gasteiger partial charge in [-0.05, 0) is 11.1 Å². The van der Waals surface area contributed by atoms with Crippen LogP contribution in [0.25, 0.3) is 10.4 Å². The third-order valence-corrected chi connectivity index (χ3v) is 2.16. The molecule has 4 nitrogen and oxygen atoms in total. The summed E-state index contributed by atoms with van der Waals surface area (Å²) in [5.74, 6) is 0.0668. The molecule has 0 radical (unpaired) electrons. The summed E-state index contributed by atoms with van der Waals surface area (Å²) in [6.45, 7) is 1.97. The van der Waals surface area contributed by atoms with Crippen molar-refractivity contribution in [2.45, 2.75) is 19.1 Å². The highest BCUT2D eigenvalue weighted by molar-refractivity contribution is 5.19. The van der Waals surface area contributed by atoms with E-state index in [2.05, 4.69) is 10.0 Å². The second kappa shape index (κ2) is 5.27. The van der Waals surface area contributed by atoms with Crippen molar-refractivity contribution in [1.82, 2.24) is 0 Å². The number of ether oxygens (including phenoxy) is 1. The van der Waals surface area contributed by atoms with Gasteiger partial charge in [0, 0.05) is 17.9 Å². The van der Waals surface area contributed by atoms with Crippen LogP contribution in [0.5, 0.6) is 0 Å². The Labute approximate surface area is 83.1 Å². The fourth-order valence-corrected chi connectivity index (χ4v) is 1.32. The van der Waals surface area contributed by atoms with E-state index in [-0.39, 0.29) is 5.92 Å². The second-order valence-electron chi connectivity index (χ2n) is 3.03. The van der Waals surface area contributed by atoms with Crippen LogP contribution >= 0.6 is 0 Å². The van der Waals surface area contributed by atoms with E-state index in [0.29, 0.717) is 0 Å².